The van der Waals surface area contributed by atoms with Crippen molar-refractivity contribution in [2.45, 2.75) is 19.3 Å². The summed E-state index contributed by atoms with van der Waals surface area (Å²) in [5.41, 5.74) is 0. The number of piperidine rings is 1. The first-order chi connectivity index (χ1) is 3.00. The van der Waals surface area contributed by atoms with Gasteiger partial charge in [-0.15, -0.1) is 0 Å². The molecular weight excluding hydrogens is 130 g/mol. The van der Waals surface area contributed by atoms with Gasteiger partial charge < -0.3 is 5.32 Å². The number of hydrogen-bond acceptors (Lipinski definition) is 1. The first-order valence-corrected chi connectivity index (χ1v) is 2.71. The second-order valence-corrected chi connectivity index (χ2v) is 1.81. The van der Waals surface area contributed by atoms with Crippen molar-refractivity contribution in [3.8, 4) is 0 Å². The molecule has 1 N–H and O–H groups in total. The van der Waals surface area contributed by atoms with Crippen LogP contribution >= 0.6 is 0 Å². The molecule has 44 valence electrons. The van der Waals surface area contributed by atoms with Crippen molar-refractivity contribution in [3.63, 3.8) is 0 Å². The molecule has 1 aliphatic rings. The van der Waals surface area contributed by atoms with Crippen LogP contribution in [0.25, 0.3) is 0 Å². The van der Waals surface area contributed by atoms with Crippen LogP contribution in [0.4, 0.5) is 0 Å². The first-order valence-electron chi connectivity index (χ1n) is 2.71. The summed E-state index contributed by atoms with van der Waals surface area (Å²) in [6, 6.07) is 0. The Morgan fingerprint density at radius 1 is 0.857 bits per heavy atom. The zero-order valence-corrected chi connectivity index (χ0v) is 5.49. The number of rotatable bonds is 0. The Kier molecular flexibility index (Phi) is 4.95. The average molecular weight is 141 g/mol. The summed E-state index contributed by atoms with van der Waals surface area (Å²) in [7, 11) is 0. The summed E-state index contributed by atoms with van der Waals surface area (Å²) in [5.74, 6) is 0. The van der Waals surface area contributed by atoms with Gasteiger partial charge in [-0.1, -0.05) is 6.42 Å². The van der Waals surface area contributed by atoms with Crippen molar-refractivity contribution in [1.82, 2.24) is 5.32 Å². The zero-order valence-electron chi connectivity index (χ0n) is 4.39. The quantitative estimate of drug-likeness (QED) is 0.491. The van der Waals surface area contributed by atoms with E-state index in [2.05, 4.69) is 5.32 Å². The largest absolute Gasteiger partial charge is 0.317 e. The van der Waals surface area contributed by atoms with Crippen molar-refractivity contribution in [1.29, 1.82) is 0 Å². The van der Waals surface area contributed by atoms with Crippen molar-refractivity contribution < 1.29 is 17.1 Å². The molecule has 2 heteroatoms. The van der Waals surface area contributed by atoms with E-state index in [9.17, 15) is 0 Å². The first kappa shape index (κ1) is 7.48. The number of nitrogens with one attached hydrogen (secondary N) is 1. The Hall–Kier alpha value is 0.479. The molecule has 0 radical (unpaired) electrons. The second kappa shape index (κ2) is 4.63. The average Bonchev–Trinajstić information content (AvgIpc) is 1.72. The van der Waals surface area contributed by atoms with Crippen LogP contribution < -0.4 is 5.32 Å². The fraction of sp³-hybridized carbons (Fsp3) is 1.00. The van der Waals surface area contributed by atoms with Gasteiger partial charge in [-0.2, -0.15) is 0 Å². The van der Waals surface area contributed by atoms with Gasteiger partial charge in [-0.05, 0) is 25.9 Å². The third-order valence-corrected chi connectivity index (χ3v) is 1.21. The molecule has 7 heavy (non-hydrogen) atoms. The summed E-state index contributed by atoms with van der Waals surface area (Å²) in [5, 5.41) is 3.28. The standard InChI is InChI=1S/C5H11N.Fe/c1-2-4-6-5-3-1;/h6H,1-5H2;. The SMILES string of the molecule is C1CCNCC1.[Fe]. The molecule has 0 saturated carbocycles. The van der Waals surface area contributed by atoms with Crippen LogP contribution in [0.5, 0.6) is 0 Å². The van der Waals surface area contributed by atoms with E-state index in [1.165, 1.54) is 32.4 Å². The molecule has 1 aliphatic heterocycles. The molecule has 0 aromatic carbocycles. The van der Waals surface area contributed by atoms with E-state index < -0.39 is 0 Å². The Bertz CT molecular complexity index is 23.6. The molecule has 1 saturated heterocycles. The Morgan fingerprint density at radius 3 is 1.57 bits per heavy atom. The summed E-state index contributed by atoms with van der Waals surface area (Å²) >= 11 is 0. The van der Waals surface area contributed by atoms with Gasteiger partial charge in [0.1, 0.15) is 0 Å². The van der Waals surface area contributed by atoms with Crippen LogP contribution in [0.2, 0.25) is 0 Å². The van der Waals surface area contributed by atoms with Crippen molar-refractivity contribution in [3.05, 3.63) is 0 Å². The van der Waals surface area contributed by atoms with Gasteiger partial charge in [0, 0.05) is 17.1 Å². The van der Waals surface area contributed by atoms with E-state index in [0.29, 0.717) is 0 Å². The number of hydrogen-bond donors (Lipinski definition) is 1. The topological polar surface area (TPSA) is 12.0 Å². The van der Waals surface area contributed by atoms with Crippen molar-refractivity contribution >= 4 is 0 Å². The predicted octanol–water partition coefficient (Wildman–Crippen LogP) is 0.757. The van der Waals surface area contributed by atoms with E-state index in [1.807, 2.05) is 0 Å². The van der Waals surface area contributed by atoms with E-state index in [-0.39, 0.29) is 17.1 Å². The van der Waals surface area contributed by atoms with Crippen LogP contribution in [0.3, 0.4) is 0 Å². The second-order valence-electron chi connectivity index (χ2n) is 1.81. The molecule has 0 atom stereocenters. The Balaban J connectivity index is 0.000000360. The molecule has 1 nitrogen and oxygen atoms in total. The van der Waals surface area contributed by atoms with Gasteiger partial charge in [0.25, 0.3) is 0 Å². The smallest absolute Gasteiger partial charge is 0 e. The summed E-state index contributed by atoms with van der Waals surface area (Å²) in [6.07, 6.45) is 4.22. The van der Waals surface area contributed by atoms with Crippen LogP contribution in [-0.4, -0.2) is 13.1 Å². The molecule has 0 aromatic rings. The summed E-state index contributed by atoms with van der Waals surface area (Å²) < 4.78 is 0. The Morgan fingerprint density at radius 2 is 1.43 bits per heavy atom. The summed E-state index contributed by atoms with van der Waals surface area (Å²) in [6.45, 7) is 2.50. The molecule has 0 unspecified atom stereocenters. The van der Waals surface area contributed by atoms with E-state index in [4.69, 9.17) is 0 Å². The van der Waals surface area contributed by atoms with Crippen LogP contribution in [0.15, 0.2) is 0 Å². The van der Waals surface area contributed by atoms with Crippen LogP contribution in [-0.2, 0) is 17.1 Å². The van der Waals surface area contributed by atoms with Gasteiger partial charge >= 0.3 is 0 Å². The third kappa shape index (κ3) is 3.10. The molecule has 0 aromatic heterocycles. The van der Waals surface area contributed by atoms with Crippen LogP contribution in [0, 0.1) is 0 Å². The molecule has 0 spiro atoms. The maximum Gasteiger partial charge on any atom is 0 e. The molecule has 0 bridgehead atoms. The van der Waals surface area contributed by atoms with E-state index >= 15 is 0 Å². The monoisotopic (exact) mass is 141 g/mol. The predicted molar refractivity (Wildman–Crippen MR) is 26.7 cm³/mol. The molecular formula is C5H11FeN. The van der Waals surface area contributed by atoms with Gasteiger partial charge in [-0.3, -0.25) is 0 Å². The molecule has 1 fully saturated rings. The van der Waals surface area contributed by atoms with Crippen molar-refractivity contribution in [2.24, 2.45) is 0 Å². The third-order valence-electron chi connectivity index (χ3n) is 1.21. The summed E-state index contributed by atoms with van der Waals surface area (Å²) in [4.78, 5) is 0. The molecule has 1 rings (SSSR count). The van der Waals surface area contributed by atoms with Gasteiger partial charge in [0.2, 0.25) is 0 Å². The molecule has 0 aliphatic carbocycles. The minimum Gasteiger partial charge on any atom is -0.317 e. The van der Waals surface area contributed by atoms with Gasteiger partial charge in [0.05, 0.1) is 0 Å². The van der Waals surface area contributed by atoms with E-state index in [0.717, 1.165) is 0 Å². The van der Waals surface area contributed by atoms with Crippen molar-refractivity contribution in [2.75, 3.05) is 13.1 Å². The van der Waals surface area contributed by atoms with Crippen LogP contribution in [0.1, 0.15) is 19.3 Å². The minimum absolute atomic E-state index is 0. The fourth-order valence-corrected chi connectivity index (χ4v) is 0.802. The maximum atomic E-state index is 3.28. The molecule has 1 heterocycles. The maximum absolute atomic E-state index is 3.28. The van der Waals surface area contributed by atoms with Gasteiger partial charge in [-0.25, -0.2) is 0 Å². The molecule has 0 amide bonds. The van der Waals surface area contributed by atoms with Gasteiger partial charge in [0.15, 0.2) is 0 Å². The zero-order chi connectivity index (χ0) is 4.24. The van der Waals surface area contributed by atoms with E-state index in [1.54, 1.807) is 0 Å². The Labute approximate surface area is 55.3 Å². The normalized spacial score (nSPS) is 20.6. The minimum atomic E-state index is 0. The fourth-order valence-electron chi connectivity index (χ4n) is 0.802.